The van der Waals surface area contributed by atoms with Gasteiger partial charge in [0, 0.05) is 117 Å². The maximum atomic E-state index is 10.4. The van der Waals surface area contributed by atoms with Crippen LogP contribution in [0, 0.1) is 41.5 Å². The molecule has 257 valence electrons. The molecule has 0 aromatic rings. The molecule has 3 rings (SSSR count). The van der Waals surface area contributed by atoms with Gasteiger partial charge in [0.05, 0.1) is 49.8 Å². The molecule has 12 unspecified atom stereocenters. The van der Waals surface area contributed by atoms with Crippen LogP contribution in [0.15, 0.2) is 0 Å². The van der Waals surface area contributed by atoms with E-state index in [-0.39, 0.29) is 146 Å². The van der Waals surface area contributed by atoms with E-state index >= 15 is 0 Å². The molecule has 3 aliphatic heterocycles. The van der Waals surface area contributed by atoms with Gasteiger partial charge in [0.2, 0.25) is 0 Å². The van der Waals surface area contributed by atoms with Crippen LogP contribution in [0.25, 0.3) is 0 Å². The van der Waals surface area contributed by atoms with Gasteiger partial charge in [-0.15, -0.1) is 0 Å². The molecule has 6 N–H and O–H groups in total. The van der Waals surface area contributed by atoms with Crippen molar-refractivity contribution in [3.8, 4) is 0 Å². The molecule has 0 amide bonds. The third-order valence-electron chi connectivity index (χ3n) is 6.10. The second-order valence-electron chi connectivity index (χ2n) is 10.9. The summed E-state index contributed by atoms with van der Waals surface area (Å²) >= 11 is 0. The van der Waals surface area contributed by atoms with E-state index in [1.807, 2.05) is 34.6 Å². The van der Waals surface area contributed by atoms with Crippen LogP contribution < -0.4 is 0 Å². The Kier molecular flexibility index (Phi) is 30.3. The first-order chi connectivity index (χ1) is 17.7. The van der Waals surface area contributed by atoms with E-state index in [4.69, 9.17) is 33.2 Å². The summed E-state index contributed by atoms with van der Waals surface area (Å²) in [5.74, 6) is 0. The summed E-state index contributed by atoms with van der Waals surface area (Å²) in [6.07, 6.45) is -9.64. The van der Waals surface area contributed by atoms with Gasteiger partial charge in [-0.25, -0.2) is 19.3 Å². The largest absolute Gasteiger partial charge is 0.422 e. The van der Waals surface area contributed by atoms with Crippen molar-refractivity contribution in [3.05, 3.63) is 41.5 Å². The van der Waals surface area contributed by atoms with Crippen LogP contribution in [-0.4, -0.2) is 136 Å². The van der Waals surface area contributed by atoms with Gasteiger partial charge in [0.1, 0.15) is 18.3 Å². The molecule has 0 saturated carbocycles. The van der Waals surface area contributed by atoms with Gasteiger partial charge >= 0.3 is 0 Å². The molecular formula is C28H52O13Y3-6. The van der Waals surface area contributed by atoms with Crippen molar-refractivity contribution in [2.45, 2.75) is 120 Å². The zero-order valence-corrected chi connectivity index (χ0v) is 35.6. The first-order valence-corrected chi connectivity index (χ1v) is 12.9. The van der Waals surface area contributed by atoms with Crippen molar-refractivity contribution in [1.82, 2.24) is 0 Å². The number of ether oxygens (including phenoxy) is 7. The summed E-state index contributed by atoms with van der Waals surface area (Å²) in [5.41, 5.74) is -0.558. The molecule has 12 atom stereocenters. The Balaban J connectivity index is -0.00000133. The molecule has 3 saturated heterocycles. The molecule has 16 heteroatoms. The average molecular weight is 863 g/mol. The molecule has 3 heterocycles. The Morgan fingerprint density at radius 3 is 1.25 bits per heavy atom. The molecule has 13 nitrogen and oxygen atoms in total. The van der Waals surface area contributed by atoms with E-state index in [9.17, 15) is 30.6 Å². The SMILES string of the molecule is CC(C)OCC1OC(OCC2OC(OCC3OC(OC(C)(C)C)[CH-]C(O)C3O)[CH-]C(O)C2O)[CH-]C(O)C1O.[CH3-].[CH3-].[CH3-].[Y].[Y].[Y]. The van der Waals surface area contributed by atoms with Crippen molar-refractivity contribution in [3.63, 3.8) is 0 Å². The quantitative estimate of drug-likeness (QED) is 0.156. The number of aliphatic hydroxyl groups excluding tert-OH is 6. The zero-order chi connectivity index (χ0) is 28.2. The summed E-state index contributed by atoms with van der Waals surface area (Å²) in [4.78, 5) is 0. The van der Waals surface area contributed by atoms with Crippen molar-refractivity contribution in [1.29, 1.82) is 0 Å². The van der Waals surface area contributed by atoms with Crippen molar-refractivity contribution in [2.24, 2.45) is 0 Å². The first-order valence-electron chi connectivity index (χ1n) is 12.9. The minimum atomic E-state index is -1.34. The monoisotopic (exact) mass is 863 g/mol. The van der Waals surface area contributed by atoms with Crippen LogP contribution in [0.2, 0.25) is 0 Å². The molecule has 3 fully saturated rings. The minimum absolute atomic E-state index is 0. The third-order valence-corrected chi connectivity index (χ3v) is 6.10. The predicted octanol–water partition coefficient (Wildman–Crippen LogP) is -0.444. The van der Waals surface area contributed by atoms with Crippen molar-refractivity contribution in [2.75, 3.05) is 19.8 Å². The summed E-state index contributed by atoms with van der Waals surface area (Å²) in [5, 5.41) is 61.5. The Morgan fingerprint density at radius 2 is 0.909 bits per heavy atom. The van der Waals surface area contributed by atoms with Crippen LogP contribution >= 0.6 is 0 Å². The van der Waals surface area contributed by atoms with Crippen LogP contribution in [0.1, 0.15) is 34.6 Å². The molecule has 44 heavy (non-hydrogen) atoms. The normalized spacial score (nSPS) is 37.1. The fourth-order valence-electron chi connectivity index (χ4n) is 4.06. The molecule has 0 aromatic heterocycles. The van der Waals surface area contributed by atoms with E-state index in [0.717, 1.165) is 0 Å². The van der Waals surface area contributed by atoms with Gasteiger partial charge in [-0.3, -0.25) is 0 Å². The standard InChI is InChI=1S/C25H43O13.3CH3.3Y/c1-12(2)32-9-16-22(29)13(26)6-19(35-16)33-10-17-23(30)14(27)7-20(36-17)34-11-18-24(31)15(28)8-21(37-18)38-25(3,4)5;;;;;;/h6-8,12-24,26-31H,9-11H2,1-5H3;3*1H3;;;/q-3;3*-1;;;. The second-order valence-corrected chi connectivity index (χ2v) is 10.9. The molecule has 3 aliphatic rings. The molecule has 3 radical (unpaired) electrons. The molecule has 0 bridgehead atoms. The molecule has 0 aromatic carbocycles. The van der Waals surface area contributed by atoms with Crippen molar-refractivity contribution < 1.29 is 162 Å². The van der Waals surface area contributed by atoms with Crippen LogP contribution in [0.4, 0.5) is 0 Å². The number of hydrogen-bond acceptors (Lipinski definition) is 13. The van der Waals surface area contributed by atoms with Gasteiger partial charge in [-0.05, 0) is 52.9 Å². The van der Waals surface area contributed by atoms with Gasteiger partial charge in [-0.2, -0.15) is 0 Å². The second kappa shape index (κ2) is 24.9. The summed E-state index contributed by atoms with van der Waals surface area (Å²) in [6.45, 7) is 8.71. The number of rotatable bonds is 10. The van der Waals surface area contributed by atoms with Gasteiger partial charge in [0.25, 0.3) is 0 Å². The predicted molar refractivity (Wildman–Crippen MR) is 148 cm³/mol. The number of aliphatic hydroxyl groups is 6. The fourth-order valence-corrected chi connectivity index (χ4v) is 4.06. The van der Waals surface area contributed by atoms with Crippen molar-refractivity contribution >= 4 is 0 Å². The van der Waals surface area contributed by atoms with E-state index in [1.54, 1.807) is 0 Å². The van der Waals surface area contributed by atoms with Crippen LogP contribution in [0.5, 0.6) is 0 Å². The Bertz CT molecular complexity index is 721. The third kappa shape index (κ3) is 17.1. The topological polar surface area (TPSA) is 186 Å². The summed E-state index contributed by atoms with van der Waals surface area (Å²) in [6, 6.07) is 0. The van der Waals surface area contributed by atoms with E-state index in [1.165, 1.54) is 19.3 Å². The molecule has 0 spiro atoms. The summed E-state index contributed by atoms with van der Waals surface area (Å²) in [7, 11) is 0. The molecule has 0 aliphatic carbocycles. The average Bonchev–Trinajstić information content (AvgIpc) is 2.81. The smallest absolute Gasteiger partial charge is 0.106 e. The molecular weight excluding hydrogens is 811 g/mol. The van der Waals surface area contributed by atoms with E-state index < -0.39 is 79.4 Å². The Morgan fingerprint density at radius 1 is 0.591 bits per heavy atom. The Labute approximate surface area is 339 Å². The maximum absolute atomic E-state index is 10.4. The van der Waals surface area contributed by atoms with Gasteiger partial charge < -0.3 is 86.1 Å². The van der Waals surface area contributed by atoms with Gasteiger partial charge in [-0.1, -0.05) is 0 Å². The fraction of sp³-hybridized carbons (Fsp3) is 0.786. The Hall–Kier alpha value is 2.79. The minimum Gasteiger partial charge on any atom is -0.422 e. The van der Waals surface area contributed by atoms with Crippen LogP contribution in [-0.2, 0) is 131 Å². The zero-order valence-electron chi connectivity index (χ0n) is 27.1. The maximum Gasteiger partial charge on any atom is 0.106 e. The first kappa shape index (κ1) is 53.6. The number of hydrogen-bond donors (Lipinski definition) is 6. The van der Waals surface area contributed by atoms with Gasteiger partial charge in [0.15, 0.2) is 0 Å². The van der Waals surface area contributed by atoms with E-state index in [2.05, 4.69) is 0 Å². The van der Waals surface area contributed by atoms with E-state index in [0.29, 0.717) is 0 Å². The van der Waals surface area contributed by atoms with Crippen LogP contribution in [0.3, 0.4) is 0 Å². The summed E-state index contributed by atoms with van der Waals surface area (Å²) < 4.78 is 39.6.